The Labute approximate surface area is 138 Å². The monoisotopic (exact) mass is 326 g/mol. The summed E-state index contributed by atoms with van der Waals surface area (Å²) in [7, 11) is 0. The van der Waals surface area contributed by atoms with E-state index in [1.165, 1.54) is 10.5 Å². The molecule has 6 nitrogen and oxygen atoms in total. The molecule has 2 unspecified atom stereocenters. The van der Waals surface area contributed by atoms with Crippen molar-refractivity contribution in [1.29, 1.82) is 0 Å². The van der Waals surface area contributed by atoms with E-state index in [1.54, 1.807) is 13.8 Å². The Kier molecular flexibility index (Phi) is 6.62. The van der Waals surface area contributed by atoms with Gasteiger partial charge in [0, 0.05) is 12.5 Å². The van der Waals surface area contributed by atoms with Crippen LogP contribution < -0.4 is 5.11 Å². The van der Waals surface area contributed by atoms with Crippen LogP contribution in [0.5, 0.6) is 0 Å². The largest absolute Gasteiger partial charge is 0.550 e. The van der Waals surface area contributed by atoms with Crippen LogP contribution >= 0.6 is 0 Å². The summed E-state index contributed by atoms with van der Waals surface area (Å²) in [5.41, 5.74) is -1.16. The van der Waals surface area contributed by atoms with Gasteiger partial charge in [0.2, 0.25) is 0 Å². The van der Waals surface area contributed by atoms with Crippen LogP contribution in [0.1, 0.15) is 66.2 Å². The second-order valence-corrected chi connectivity index (χ2v) is 6.77. The molecule has 0 saturated carbocycles. The maximum absolute atomic E-state index is 12.1. The van der Waals surface area contributed by atoms with E-state index in [2.05, 4.69) is 6.08 Å². The highest BCUT2D eigenvalue weighted by atomic mass is 16.6. The highest BCUT2D eigenvalue weighted by Crippen LogP contribution is 2.40. The van der Waals surface area contributed by atoms with E-state index in [4.69, 9.17) is 4.74 Å². The van der Waals surface area contributed by atoms with Crippen molar-refractivity contribution in [2.45, 2.75) is 77.5 Å². The molecule has 6 heteroatoms. The van der Waals surface area contributed by atoms with Gasteiger partial charge in [-0.05, 0) is 59.8 Å². The Morgan fingerprint density at radius 2 is 1.96 bits per heavy atom. The number of aliphatic carboxylic acids is 1. The minimum atomic E-state index is -1.38. The molecule has 1 aliphatic rings. The predicted molar refractivity (Wildman–Crippen MR) is 84.4 cm³/mol. The van der Waals surface area contributed by atoms with Crippen LogP contribution in [-0.4, -0.2) is 39.9 Å². The molecule has 0 aromatic heterocycles. The second-order valence-electron chi connectivity index (χ2n) is 6.77. The number of unbranched alkanes of at least 4 members (excludes halogenated alkanes) is 2. The maximum Gasteiger partial charge on any atom is 0.412 e. The number of cyclic esters (lactones) is 1. The van der Waals surface area contributed by atoms with Gasteiger partial charge in [-0.1, -0.05) is 18.1 Å². The van der Waals surface area contributed by atoms with Gasteiger partial charge in [-0.3, -0.25) is 4.90 Å². The van der Waals surface area contributed by atoms with Crippen molar-refractivity contribution >= 4 is 12.1 Å². The molecule has 23 heavy (non-hydrogen) atoms. The standard InChI is InChI=1S/C17H29NO5/c1-13(2)9-8-11-16(3)17(4,22)18(15(21)23-16)12-7-5-6-10-14(19)20/h9,22H,5-8,10-12H2,1-4H3,(H,19,20)/p-1. The zero-order valence-electron chi connectivity index (χ0n) is 14.6. The predicted octanol–water partition coefficient (Wildman–Crippen LogP) is 1.96. The van der Waals surface area contributed by atoms with E-state index in [1.807, 2.05) is 13.8 Å². The lowest BCUT2D eigenvalue weighted by molar-refractivity contribution is -0.305. The Morgan fingerprint density at radius 3 is 2.52 bits per heavy atom. The molecule has 0 aliphatic carbocycles. The van der Waals surface area contributed by atoms with Gasteiger partial charge in [-0.25, -0.2) is 4.79 Å². The number of ether oxygens (including phenoxy) is 1. The Bertz CT molecular complexity index is 468. The molecule has 132 valence electrons. The summed E-state index contributed by atoms with van der Waals surface area (Å²) in [5, 5.41) is 21.2. The van der Waals surface area contributed by atoms with Crippen LogP contribution in [0.4, 0.5) is 4.79 Å². The zero-order chi connectivity index (χ0) is 17.7. The highest BCUT2D eigenvalue weighted by molar-refractivity contribution is 5.72. The lowest BCUT2D eigenvalue weighted by Crippen LogP contribution is -2.55. The number of hydrogen-bond acceptors (Lipinski definition) is 5. The molecule has 1 saturated heterocycles. The SMILES string of the molecule is CC(C)=CCCC1(C)OC(=O)N(CCCCCC(=O)[O-])C1(C)O. The summed E-state index contributed by atoms with van der Waals surface area (Å²) in [6, 6.07) is 0. The molecule has 2 atom stereocenters. The van der Waals surface area contributed by atoms with Gasteiger partial charge in [-0.2, -0.15) is 0 Å². The van der Waals surface area contributed by atoms with Crippen molar-refractivity contribution in [2.75, 3.05) is 6.54 Å². The number of allylic oxidation sites excluding steroid dienone is 2. The van der Waals surface area contributed by atoms with E-state index < -0.39 is 23.4 Å². The van der Waals surface area contributed by atoms with Crippen molar-refractivity contribution in [3.8, 4) is 0 Å². The fourth-order valence-electron chi connectivity index (χ4n) is 2.76. The Hall–Kier alpha value is -1.56. The van der Waals surface area contributed by atoms with Crippen molar-refractivity contribution in [1.82, 2.24) is 4.90 Å². The molecule has 1 rings (SSSR count). The number of amides is 1. The third-order valence-corrected chi connectivity index (χ3v) is 4.50. The fourth-order valence-corrected chi connectivity index (χ4v) is 2.76. The normalized spacial score (nSPS) is 27.0. The van der Waals surface area contributed by atoms with Crippen LogP contribution in [0.3, 0.4) is 0 Å². The molecule has 0 spiro atoms. The van der Waals surface area contributed by atoms with Gasteiger partial charge in [0.05, 0.1) is 0 Å². The minimum Gasteiger partial charge on any atom is -0.550 e. The number of carboxylic acids is 1. The summed E-state index contributed by atoms with van der Waals surface area (Å²) >= 11 is 0. The Balaban J connectivity index is 2.59. The van der Waals surface area contributed by atoms with Gasteiger partial charge in [0.15, 0.2) is 11.3 Å². The first-order valence-corrected chi connectivity index (χ1v) is 8.16. The van der Waals surface area contributed by atoms with Gasteiger partial charge < -0.3 is 19.7 Å². The summed E-state index contributed by atoms with van der Waals surface area (Å²) in [6.07, 6.45) is 4.59. The molecular formula is C17H28NO5-. The van der Waals surface area contributed by atoms with Gasteiger partial charge in [-0.15, -0.1) is 0 Å². The van der Waals surface area contributed by atoms with E-state index in [9.17, 15) is 19.8 Å². The summed E-state index contributed by atoms with van der Waals surface area (Å²) < 4.78 is 5.46. The van der Waals surface area contributed by atoms with Crippen LogP contribution in [-0.2, 0) is 9.53 Å². The number of rotatable bonds is 9. The van der Waals surface area contributed by atoms with Crippen LogP contribution in [0.2, 0.25) is 0 Å². The second kappa shape index (κ2) is 7.81. The Morgan fingerprint density at radius 1 is 1.30 bits per heavy atom. The first kappa shape index (κ1) is 19.5. The van der Waals surface area contributed by atoms with Crippen molar-refractivity contribution < 1.29 is 24.5 Å². The van der Waals surface area contributed by atoms with Crippen molar-refractivity contribution in [3.05, 3.63) is 11.6 Å². The lowest BCUT2D eigenvalue weighted by atomic mass is 9.88. The number of carbonyl (C=O) groups excluding carboxylic acids is 2. The molecule has 1 aliphatic heterocycles. The van der Waals surface area contributed by atoms with Crippen LogP contribution in [0.15, 0.2) is 11.6 Å². The highest BCUT2D eigenvalue weighted by Gasteiger charge is 2.58. The molecule has 1 heterocycles. The van der Waals surface area contributed by atoms with Crippen molar-refractivity contribution in [3.63, 3.8) is 0 Å². The molecule has 1 fully saturated rings. The quantitative estimate of drug-likeness (QED) is 0.517. The first-order valence-electron chi connectivity index (χ1n) is 8.16. The van der Waals surface area contributed by atoms with Crippen molar-refractivity contribution in [2.24, 2.45) is 0 Å². The average Bonchev–Trinajstić information content (AvgIpc) is 2.56. The van der Waals surface area contributed by atoms with Gasteiger partial charge in [0.25, 0.3) is 0 Å². The molecule has 0 aromatic carbocycles. The molecule has 1 amide bonds. The molecule has 1 N–H and O–H groups in total. The van der Waals surface area contributed by atoms with Gasteiger partial charge in [0.1, 0.15) is 0 Å². The third-order valence-electron chi connectivity index (χ3n) is 4.50. The topological polar surface area (TPSA) is 89.9 Å². The molecule has 0 bridgehead atoms. The lowest BCUT2D eigenvalue weighted by Gasteiger charge is -2.37. The summed E-state index contributed by atoms with van der Waals surface area (Å²) in [4.78, 5) is 23.8. The smallest absolute Gasteiger partial charge is 0.412 e. The summed E-state index contributed by atoms with van der Waals surface area (Å²) in [6.45, 7) is 7.69. The third kappa shape index (κ3) is 4.96. The van der Waals surface area contributed by atoms with E-state index in [0.29, 0.717) is 32.2 Å². The fraction of sp³-hybridized carbons (Fsp3) is 0.765. The first-order chi connectivity index (χ1) is 10.6. The average molecular weight is 326 g/mol. The molecule has 0 aromatic rings. The summed E-state index contributed by atoms with van der Waals surface area (Å²) in [5.74, 6) is -1.07. The number of hydrogen-bond donors (Lipinski definition) is 1. The minimum absolute atomic E-state index is 0.0151. The maximum atomic E-state index is 12.1. The van der Waals surface area contributed by atoms with E-state index >= 15 is 0 Å². The molecular weight excluding hydrogens is 298 g/mol. The molecule has 0 radical (unpaired) electrons. The van der Waals surface area contributed by atoms with Crippen LogP contribution in [0.25, 0.3) is 0 Å². The van der Waals surface area contributed by atoms with Crippen LogP contribution in [0, 0.1) is 0 Å². The van der Waals surface area contributed by atoms with E-state index in [0.717, 1.165) is 6.42 Å². The number of aliphatic hydroxyl groups is 1. The van der Waals surface area contributed by atoms with Gasteiger partial charge >= 0.3 is 6.09 Å². The van der Waals surface area contributed by atoms with E-state index in [-0.39, 0.29) is 6.42 Å². The number of nitrogens with zero attached hydrogens (tertiary/aromatic N) is 1. The number of carboxylic acid groups (broad SMARTS) is 1. The number of carbonyl (C=O) groups is 2. The zero-order valence-corrected chi connectivity index (χ0v) is 14.6.